The van der Waals surface area contributed by atoms with Gasteiger partial charge in [0.25, 0.3) is 0 Å². The highest BCUT2D eigenvalue weighted by Crippen LogP contribution is 2.32. The van der Waals surface area contributed by atoms with Crippen LogP contribution in [0, 0.1) is 5.82 Å². The van der Waals surface area contributed by atoms with Crippen molar-refractivity contribution in [3.05, 3.63) is 35.8 Å². The molecule has 1 aromatic carbocycles. The summed E-state index contributed by atoms with van der Waals surface area (Å²) >= 11 is 0. The molecule has 1 aliphatic rings. The Hall–Kier alpha value is -1.35. The minimum Gasteiger partial charge on any atom is -0.381 e. The van der Waals surface area contributed by atoms with Crippen LogP contribution < -0.4 is 0 Å². The number of aromatic amines is 1. The molecule has 0 radical (unpaired) electrons. The molecule has 1 N–H and O–H groups in total. The van der Waals surface area contributed by atoms with Crippen molar-refractivity contribution >= 4 is 10.9 Å². The van der Waals surface area contributed by atoms with Gasteiger partial charge in [-0.25, -0.2) is 4.39 Å². The lowest BCUT2D eigenvalue weighted by Gasteiger charge is -2.21. The Morgan fingerprint density at radius 1 is 1.25 bits per heavy atom. The fourth-order valence-electron chi connectivity index (χ4n) is 2.47. The van der Waals surface area contributed by atoms with Crippen molar-refractivity contribution in [3.63, 3.8) is 0 Å². The summed E-state index contributed by atoms with van der Waals surface area (Å²) in [6, 6.07) is 4.95. The molecule has 2 aromatic rings. The first-order chi connectivity index (χ1) is 7.84. The van der Waals surface area contributed by atoms with Crippen LogP contribution in [0.25, 0.3) is 10.9 Å². The van der Waals surface area contributed by atoms with Gasteiger partial charge in [-0.05, 0) is 42.5 Å². The molecule has 0 atom stereocenters. The van der Waals surface area contributed by atoms with E-state index in [9.17, 15) is 4.39 Å². The summed E-state index contributed by atoms with van der Waals surface area (Å²) in [5, 5.41) is 1.15. The number of aromatic nitrogens is 1. The van der Waals surface area contributed by atoms with Gasteiger partial charge in [-0.1, -0.05) is 0 Å². The molecule has 16 heavy (non-hydrogen) atoms. The zero-order chi connectivity index (χ0) is 11.0. The van der Waals surface area contributed by atoms with Gasteiger partial charge in [0.1, 0.15) is 5.82 Å². The number of nitrogens with one attached hydrogen (secondary N) is 1. The Morgan fingerprint density at radius 2 is 2.06 bits per heavy atom. The number of benzene rings is 1. The lowest BCUT2D eigenvalue weighted by atomic mass is 9.91. The average Bonchev–Trinajstić information content (AvgIpc) is 2.73. The highest BCUT2D eigenvalue weighted by atomic mass is 19.1. The van der Waals surface area contributed by atoms with Crippen LogP contribution in [0.5, 0.6) is 0 Å². The van der Waals surface area contributed by atoms with E-state index in [1.807, 2.05) is 12.3 Å². The lowest BCUT2D eigenvalue weighted by Crippen LogP contribution is -2.13. The van der Waals surface area contributed by atoms with Crippen LogP contribution in [0.1, 0.15) is 24.3 Å². The van der Waals surface area contributed by atoms with Crippen LogP contribution in [-0.4, -0.2) is 18.2 Å². The summed E-state index contributed by atoms with van der Waals surface area (Å²) in [5.74, 6) is 0.362. The smallest absolute Gasteiger partial charge is 0.125 e. The van der Waals surface area contributed by atoms with Crippen molar-refractivity contribution in [1.82, 2.24) is 4.98 Å². The Kier molecular flexibility index (Phi) is 2.40. The maximum absolute atomic E-state index is 13.0. The maximum Gasteiger partial charge on any atom is 0.125 e. The number of hydrogen-bond acceptors (Lipinski definition) is 1. The number of H-pyrrole nitrogens is 1. The van der Waals surface area contributed by atoms with Crippen LogP contribution in [0.2, 0.25) is 0 Å². The van der Waals surface area contributed by atoms with E-state index in [1.165, 1.54) is 11.6 Å². The number of fused-ring (bicyclic) bond motifs is 1. The fourth-order valence-corrected chi connectivity index (χ4v) is 2.47. The van der Waals surface area contributed by atoms with Gasteiger partial charge < -0.3 is 9.72 Å². The van der Waals surface area contributed by atoms with Gasteiger partial charge in [-0.15, -0.1) is 0 Å². The molecule has 3 rings (SSSR count). The molecule has 1 saturated heterocycles. The largest absolute Gasteiger partial charge is 0.381 e. The maximum atomic E-state index is 13.0. The molecule has 0 amide bonds. The first-order valence-corrected chi connectivity index (χ1v) is 5.69. The molecule has 1 aromatic heterocycles. The summed E-state index contributed by atoms with van der Waals surface area (Å²) in [5.41, 5.74) is 2.19. The van der Waals surface area contributed by atoms with Gasteiger partial charge in [-0.3, -0.25) is 0 Å². The molecule has 84 valence electrons. The molecule has 0 bridgehead atoms. The third-order valence-corrected chi connectivity index (χ3v) is 3.34. The number of hydrogen-bond donors (Lipinski definition) is 1. The molecule has 0 aliphatic carbocycles. The van der Waals surface area contributed by atoms with Crippen LogP contribution in [-0.2, 0) is 4.74 Å². The molecule has 2 nitrogen and oxygen atoms in total. The van der Waals surface area contributed by atoms with E-state index in [0.29, 0.717) is 5.92 Å². The topological polar surface area (TPSA) is 25.0 Å². The number of ether oxygens (including phenoxy) is 1. The second kappa shape index (κ2) is 3.91. The van der Waals surface area contributed by atoms with Crippen molar-refractivity contribution < 1.29 is 9.13 Å². The van der Waals surface area contributed by atoms with Crippen LogP contribution >= 0.6 is 0 Å². The molecule has 1 fully saturated rings. The summed E-state index contributed by atoms with van der Waals surface area (Å²) in [6.45, 7) is 1.66. The third-order valence-electron chi connectivity index (χ3n) is 3.34. The Balaban J connectivity index is 2.03. The summed E-state index contributed by atoms with van der Waals surface area (Å²) in [7, 11) is 0. The van der Waals surface area contributed by atoms with E-state index in [4.69, 9.17) is 4.74 Å². The zero-order valence-electron chi connectivity index (χ0n) is 9.00. The minimum atomic E-state index is -0.187. The van der Waals surface area contributed by atoms with E-state index in [2.05, 4.69) is 4.98 Å². The fraction of sp³-hybridized carbons (Fsp3) is 0.385. The predicted octanol–water partition coefficient (Wildman–Crippen LogP) is 3.20. The van der Waals surface area contributed by atoms with E-state index in [-0.39, 0.29) is 5.82 Å². The second-order valence-electron chi connectivity index (χ2n) is 4.32. The van der Waals surface area contributed by atoms with E-state index < -0.39 is 0 Å². The Bertz CT molecular complexity index is 500. The quantitative estimate of drug-likeness (QED) is 0.782. The van der Waals surface area contributed by atoms with Gasteiger partial charge in [0.05, 0.1) is 0 Å². The van der Waals surface area contributed by atoms with E-state index in [1.54, 1.807) is 6.07 Å². The zero-order valence-corrected chi connectivity index (χ0v) is 9.00. The standard InChI is InChI=1S/C13H14FNO/c14-10-1-2-11-12(8-15-13(11)7-10)9-3-5-16-6-4-9/h1-2,7-9,15H,3-6H2. The number of halogens is 1. The van der Waals surface area contributed by atoms with E-state index in [0.717, 1.165) is 37.0 Å². The SMILES string of the molecule is Fc1ccc2c(C3CCOCC3)c[nH]c2c1. The molecule has 0 saturated carbocycles. The lowest BCUT2D eigenvalue weighted by molar-refractivity contribution is 0.0856. The first-order valence-electron chi connectivity index (χ1n) is 5.69. The van der Waals surface area contributed by atoms with Gasteiger partial charge >= 0.3 is 0 Å². The highest BCUT2D eigenvalue weighted by Gasteiger charge is 2.18. The summed E-state index contributed by atoms with van der Waals surface area (Å²) in [6.07, 6.45) is 4.13. The van der Waals surface area contributed by atoms with Crippen LogP contribution in [0.15, 0.2) is 24.4 Å². The monoisotopic (exact) mass is 219 g/mol. The van der Waals surface area contributed by atoms with Crippen molar-refractivity contribution in [3.8, 4) is 0 Å². The molecule has 2 heterocycles. The number of rotatable bonds is 1. The average molecular weight is 219 g/mol. The Labute approximate surface area is 93.4 Å². The Morgan fingerprint density at radius 3 is 2.88 bits per heavy atom. The molecular formula is C13H14FNO. The van der Waals surface area contributed by atoms with Crippen molar-refractivity contribution in [2.45, 2.75) is 18.8 Å². The molecule has 0 spiro atoms. The minimum absolute atomic E-state index is 0.187. The molecular weight excluding hydrogens is 205 g/mol. The molecule has 1 aliphatic heterocycles. The summed E-state index contributed by atoms with van der Waals surface area (Å²) < 4.78 is 18.4. The van der Waals surface area contributed by atoms with Crippen molar-refractivity contribution in [1.29, 1.82) is 0 Å². The normalized spacial score (nSPS) is 18.1. The van der Waals surface area contributed by atoms with Crippen LogP contribution in [0.4, 0.5) is 4.39 Å². The van der Waals surface area contributed by atoms with Gasteiger partial charge in [0, 0.05) is 30.3 Å². The van der Waals surface area contributed by atoms with Gasteiger partial charge in [-0.2, -0.15) is 0 Å². The molecule has 3 heteroatoms. The second-order valence-corrected chi connectivity index (χ2v) is 4.32. The van der Waals surface area contributed by atoms with Crippen LogP contribution in [0.3, 0.4) is 0 Å². The first kappa shape index (κ1) is 9.85. The van der Waals surface area contributed by atoms with Gasteiger partial charge in [0.15, 0.2) is 0 Å². The molecule has 0 unspecified atom stereocenters. The summed E-state index contributed by atoms with van der Waals surface area (Å²) in [4.78, 5) is 3.15. The third kappa shape index (κ3) is 1.61. The van der Waals surface area contributed by atoms with Gasteiger partial charge in [0.2, 0.25) is 0 Å². The van der Waals surface area contributed by atoms with Crippen molar-refractivity contribution in [2.75, 3.05) is 13.2 Å². The highest BCUT2D eigenvalue weighted by molar-refractivity contribution is 5.83. The predicted molar refractivity (Wildman–Crippen MR) is 61.1 cm³/mol. The van der Waals surface area contributed by atoms with Crippen molar-refractivity contribution in [2.24, 2.45) is 0 Å². The van der Waals surface area contributed by atoms with E-state index >= 15 is 0 Å².